The zero-order valence-corrected chi connectivity index (χ0v) is 10.00. The number of nitrogens with one attached hydrogen (secondary N) is 2. The van der Waals surface area contributed by atoms with E-state index in [1.165, 1.54) is 6.20 Å². The van der Waals surface area contributed by atoms with Crippen molar-refractivity contribution < 1.29 is 9.90 Å². The molecule has 5 nitrogen and oxygen atoms in total. The number of nitrogens with zero attached hydrogens (tertiary/aromatic N) is 1. The fraction of sp³-hybridized carbons (Fsp3) is 0.455. The number of aromatic nitrogens is 1. The van der Waals surface area contributed by atoms with Crippen LogP contribution in [0.25, 0.3) is 0 Å². The standard InChI is InChI=1S/C11H14ClN3O2/c12-9-2-1-8(5-13-9)15-10(17)14-6-11(7-16)3-4-11/h1-2,5,16H,3-4,6-7H2,(H2,14,15,17). The number of aliphatic hydroxyl groups is 1. The van der Waals surface area contributed by atoms with Gasteiger partial charge in [0.15, 0.2) is 0 Å². The Labute approximate surface area is 104 Å². The second-order valence-electron chi connectivity index (χ2n) is 4.34. The summed E-state index contributed by atoms with van der Waals surface area (Å²) >= 11 is 5.63. The molecule has 0 atom stereocenters. The average Bonchev–Trinajstić information content (AvgIpc) is 3.10. The molecule has 1 heterocycles. The van der Waals surface area contributed by atoms with E-state index in [4.69, 9.17) is 16.7 Å². The van der Waals surface area contributed by atoms with Crippen LogP contribution in [0.2, 0.25) is 5.15 Å². The Morgan fingerprint density at radius 2 is 2.29 bits per heavy atom. The van der Waals surface area contributed by atoms with Gasteiger partial charge >= 0.3 is 6.03 Å². The summed E-state index contributed by atoms with van der Waals surface area (Å²) in [4.78, 5) is 15.4. The number of pyridine rings is 1. The van der Waals surface area contributed by atoms with Gasteiger partial charge in [0.25, 0.3) is 0 Å². The molecule has 2 amide bonds. The lowest BCUT2D eigenvalue weighted by atomic mass is 10.1. The number of halogens is 1. The Bertz CT molecular complexity index is 404. The largest absolute Gasteiger partial charge is 0.396 e. The van der Waals surface area contributed by atoms with Crippen molar-refractivity contribution in [3.8, 4) is 0 Å². The number of amides is 2. The van der Waals surface area contributed by atoms with Gasteiger partial charge in [-0.05, 0) is 25.0 Å². The van der Waals surface area contributed by atoms with Crippen LogP contribution in [0.1, 0.15) is 12.8 Å². The minimum Gasteiger partial charge on any atom is -0.396 e. The number of rotatable bonds is 4. The van der Waals surface area contributed by atoms with Gasteiger partial charge in [0.1, 0.15) is 5.15 Å². The number of carbonyl (C=O) groups excluding carboxylic acids is 1. The van der Waals surface area contributed by atoms with Gasteiger partial charge in [-0.25, -0.2) is 9.78 Å². The molecule has 17 heavy (non-hydrogen) atoms. The van der Waals surface area contributed by atoms with E-state index in [1.807, 2.05) is 0 Å². The number of anilines is 1. The Balaban J connectivity index is 1.79. The summed E-state index contributed by atoms with van der Waals surface area (Å²) in [5.74, 6) is 0. The molecule has 0 aliphatic heterocycles. The lowest BCUT2D eigenvalue weighted by molar-refractivity contribution is 0.206. The molecule has 1 aromatic rings. The molecule has 0 spiro atoms. The highest BCUT2D eigenvalue weighted by atomic mass is 35.5. The van der Waals surface area contributed by atoms with E-state index in [9.17, 15) is 4.79 Å². The van der Waals surface area contributed by atoms with Crippen LogP contribution in [-0.4, -0.2) is 29.3 Å². The molecule has 1 aliphatic carbocycles. The summed E-state index contributed by atoms with van der Waals surface area (Å²) in [6.45, 7) is 0.617. The number of urea groups is 1. The van der Waals surface area contributed by atoms with Crippen LogP contribution in [0.5, 0.6) is 0 Å². The third kappa shape index (κ3) is 3.31. The van der Waals surface area contributed by atoms with Gasteiger partial charge in [0.2, 0.25) is 0 Å². The normalized spacial score (nSPS) is 16.4. The summed E-state index contributed by atoms with van der Waals surface area (Å²) in [6, 6.07) is 2.98. The SMILES string of the molecule is O=C(NCC1(CO)CC1)Nc1ccc(Cl)nc1. The van der Waals surface area contributed by atoms with Gasteiger partial charge < -0.3 is 15.7 Å². The summed E-state index contributed by atoms with van der Waals surface area (Å²) in [5.41, 5.74) is 0.496. The van der Waals surface area contributed by atoms with E-state index in [2.05, 4.69) is 15.6 Å². The van der Waals surface area contributed by atoms with Gasteiger partial charge in [-0.15, -0.1) is 0 Å². The Kier molecular flexibility index (Phi) is 3.49. The van der Waals surface area contributed by atoms with Crippen molar-refractivity contribution in [2.45, 2.75) is 12.8 Å². The number of aliphatic hydroxyl groups excluding tert-OH is 1. The highest BCUT2D eigenvalue weighted by Crippen LogP contribution is 2.44. The molecular weight excluding hydrogens is 242 g/mol. The fourth-order valence-corrected chi connectivity index (χ4v) is 1.57. The zero-order chi connectivity index (χ0) is 12.3. The summed E-state index contributed by atoms with van der Waals surface area (Å²) in [5, 5.41) is 14.8. The fourth-order valence-electron chi connectivity index (χ4n) is 1.46. The first-order chi connectivity index (χ1) is 8.13. The van der Waals surface area contributed by atoms with Gasteiger partial charge in [0.05, 0.1) is 18.5 Å². The molecule has 0 unspecified atom stereocenters. The Morgan fingerprint density at radius 1 is 1.53 bits per heavy atom. The van der Waals surface area contributed by atoms with Crippen LogP contribution in [0.15, 0.2) is 18.3 Å². The molecular formula is C11H14ClN3O2. The van der Waals surface area contributed by atoms with Gasteiger partial charge in [0, 0.05) is 12.0 Å². The molecule has 1 aromatic heterocycles. The van der Waals surface area contributed by atoms with E-state index in [0.29, 0.717) is 17.4 Å². The monoisotopic (exact) mass is 255 g/mol. The van der Waals surface area contributed by atoms with Gasteiger partial charge in [-0.3, -0.25) is 0 Å². The minimum atomic E-state index is -0.297. The average molecular weight is 256 g/mol. The van der Waals surface area contributed by atoms with Crippen LogP contribution < -0.4 is 10.6 Å². The van der Waals surface area contributed by atoms with Crippen LogP contribution in [0.3, 0.4) is 0 Å². The zero-order valence-electron chi connectivity index (χ0n) is 9.24. The van der Waals surface area contributed by atoms with Crippen LogP contribution >= 0.6 is 11.6 Å². The first-order valence-electron chi connectivity index (χ1n) is 5.41. The van der Waals surface area contributed by atoms with Gasteiger partial charge in [-0.1, -0.05) is 11.6 Å². The highest BCUT2D eigenvalue weighted by molar-refractivity contribution is 6.29. The number of carbonyl (C=O) groups is 1. The predicted octanol–water partition coefficient (Wildman–Crippen LogP) is 1.63. The highest BCUT2D eigenvalue weighted by Gasteiger charge is 2.42. The topological polar surface area (TPSA) is 74.2 Å². The van der Waals surface area contributed by atoms with Crippen molar-refractivity contribution in [2.75, 3.05) is 18.5 Å². The second-order valence-corrected chi connectivity index (χ2v) is 4.72. The molecule has 6 heteroatoms. The Hall–Kier alpha value is -1.33. The van der Waals surface area contributed by atoms with Crippen molar-refractivity contribution >= 4 is 23.3 Å². The third-order valence-electron chi connectivity index (χ3n) is 2.90. The van der Waals surface area contributed by atoms with Crippen molar-refractivity contribution in [1.29, 1.82) is 0 Å². The molecule has 1 fully saturated rings. The maximum absolute atomic E-state index is 11.5. The minimum absolute atomic E-state index is 0.0877. The van der Waals surface area contributed by atoms with E-state index in [1.54, 1.807) is 12.1 Å². The van der Waals surface area contributed by atoms with Crippen LogP contribution in [0, 0.1) is 5.41 Å². The summed E-state index contributed by atoms with van der Waals surface area (Å²) in [7, 11) is 0. The molecule has 1 saturated carbocycles. The predicted molar refractivity (Wildman–Crippen MR) is 65.0 cm³/mol. The van der Waals surface area contributed by atoms with E-state index in [0.717, 1.165) is 12.8 Å². The van der Waals surface area contributed by atoms with E-state index >= 15 is 0 Å². The lowest BCUT2D eigenvalue weighted by Crippen LogP contribution is -2.35. The molecule has 0 radical (unpaired) electrons. The molecule has 0 saturated heterocycles. The van der Waals surface area contributed by atoms with Crippen molar-refractivity contribution in [1.82, 2.24) is 10.3 Å². The van der Waals surface area contributed by atoms with Crippen LogP contribution in [-0.2, 0) is 0 Å². The molecule has 3 N–H and O–H groups in total. The number of hydrogen-bond acceptors (Lipinski definition) is 3. The quantitative estimate of drug-likeness (QED) is 0.716. The van der Waals surface area contributed by atoms with Crippen molar-refractivity contribution in [2.24, 2.45) is 5.41 Å². The lowest BCUT2D eigenvalue weighted by Gasteiger charge is -2.13. The molecule has 92 valence electrons. The summed E-state index contributed by atoms with van der Waals surface area (Å²) in [6.07, 6.45) is 3.42. The number of hydrogen-bond donors (Lipinski definition) is 3. The smallest absolute Gasteiger partial charge is 0.319 e. The third-order valence-corrected chi connectivity index (χ3v) is 3.13. The molecule has 2 rings (SSSR count). The molecule has 0 bridgehead atoms. The maximum Gasteiger partial charge on any atom is 0.319 e. The first-order valence-corrected chi connectivity index (χ1v) is 5.79. The van der Waals surface area contributed by atoms with Crippen molar-refractivity contribution in [3.63, 3.8) is 0 Å². The summed E-state index contributed by atoms with van der Waals surface area (Å²) < 4.78 is 0. The maximum atomic E-state index is 11.5. The van der Waals surface area contributed by atoms with Gasteiger partial charge in [-0.2, -0.15) is 0 Å². The Morgan fingerprint density at radius 3 is 2.82 bits per heavy atom. The van der Waals surface area contributed by atoms with Crippen molar-refractivity contribution in [3.05, 3.63) is 23.5 Å². The molecule has 1 aliphatic rings. The van der Waals surface area contributed by atoms with E-state index in [-0.39, 0.29) is 18.1 Å². The first kappa shape index (κ1) is 12.1. The molecule has 0 aromatic carbocycles. The van der Waals surface area contributed by atoms with Crippen LogP contribution in [0.4, 0.5) is 10.5 Å². The second kappa shape index (κ2) is 4.89. The van der Waals surface area contributed by atoms with E-state index < -0.39 is 0 Å².